The number of hydrogen-bond donors (Lipinski definition) is 2. The monoisotopic (exact) mass is 381 g/mol. The number of hydrogen-bond acceptors (Lipinski definition) is 5. The van der Waals surface area contributed by atoms with E-state index in [1.807, 2.05) is 0 Å². The van der Waals surface area contributed by atoms with E-state index < -0.39 is 19.2 Å². The van der Waals surface area contributed by atoms with Gasteiger partial charge in [-0.2, -0.15) is 0 Å². The van der Waals surface area contributed by atoms with E-state index in [9.17, 15) is 14.1 Å². The van der Waals surface area contributed by atoms with Crippen LogP contribution in [0, 0.1) is 5.82 Å². The Morgan fingerprint density at radius 2 is 1.58 bits per heavy atom. The number of phenolic OH excluding ortho intramolecular Hbond substituents is 1. The number of rotatable bonds is 8. The van der Waals surface area contributed by atoms with Crippen molar-refractivity contribution < 1.29 is 23.1 Å². The zero-order chi connectivity index (χ0) is 19.3. The minimum absolute atomic E-state index is 0.0858. The molecule has 0 radical (unpaired) electrons. The summed E-state index contributed by atoms with van der Waals surface area (Å²) >= 11 is 0. The number of halogens is 1. The van der Waals surface area contributed by atoms with E-state index in [0.29, 0.717) is 11.3 Å². The van der Waals surface area contributed by atoms with Gasteiger partial charge in [-0.05, 0) is 63.6 Å². The predicted molar refractivity (Wildman–Crippen MR) is 101 cm³/mol. The summed E-state index contributed by atoms with van der Waals surface area (Å²) in [5.41, 5.74) is 1.04. The molecule has 0 aliphatic carbocycles. The maximum Gasteiger partial charge on any atom is 0.357 e. The average molecular weight is 381 g/mol. The van der Waals surface area contributed by atoms with Gasteiger partial charge >= 0.3 is 7.60 Å². The number of phenols is 1. The van der Waals surface area contributed by atoms with Gasteiger partial charge in [0, 0.05) is 5.69 Å². The normalized spacial score (nSPS) is 13.2. The lowest BCUT2D eigenvalue weighted by molar-refractivity contribution is 0.138. The highest BCUT2D eigenvalue weighted by Gasteiger charge is 2.39. The van der Waals surface area contributed by atoms with Crippen LogP contribution >= 0.6 is 7.60 Å². The summed E-state index contributed by atoms with van der Waals surface area (Å²) in [6, 6.07) is 12.1. The molecule has 0 aliphatic heterocycles. The number of anilines is 1. The molecule has 0 heterocycles. The zero-order valence-corrected chi connectivity index (χ0v) is 16.2. The fraction of sp³-hybridized carbons (Fsp3) is 0.368. The number of benzene rings is 2. The van der Waals surface area contributed by atoms with E-state index in [-0.39, 0.29) is 18.0 Å². The average Bonchev–Trinajstić information content (AvgIpc) is 2.52. The van der Waals surface area contributed by atoms with Gasteiger partial charge in [0.15, 0.2) is 5.78 Å². The molecule has 1 unspecified atom stereocenters. The summed E-state index contributed by atoms with van der Waals surface area (Å²) in [6.45, 7) is 7.08. The van der Waals surface area contributed by atoms with Crippen molar-refractivity contribution in [1.82, 2.24) is 0 Å². The van der Waals surface area contributed by atoms with E-state index >= 15 is 0 Å². The maximum atomic E-state index is 13.6. The Labute approximate surface area is 153 Å². The molecule has 26 heavy (non-hydrogen) atoms. The van der Waals surface area contributed by atoms with Crippen molar-refractivity contribution in [2.45, 2.75) is 45.7 Å². The van der Waals surface area contributed by atoms with Gasteiger partial charge < -0.3 is 19.5 Å². The third-order valence-corrected chi connectivity index (χ3v) is 5.86. The van der Waals surface area contributed by atoms with Crippen molar-refractivity contribution in [3.63, 3.8) is 0 Å². The molecule has 0 saturated heterocycles. The summed E-state index contributed by atoms with van der Waals surface area (Å²) in [7, 11) is -3.67. The second kappa shape index (κ2) is 8.67. The zero-order valence-electron chi connectivity index (χ0n) is 15.3. The Morgan fingerprint density at radius 1 is 1.00 bits per heavy atom. The predicted octanol–water partition coefficient (Wildman–Crippen LogP) is 5.69. The second-order valence-electron chi connectivity index (χ2n) is 6.50. The highest BCUT2D eigenvalue weighted by molar-refractivity contribution is 7.54. The van der Waals surface area contributed by atoms with Gasteiger partial charge in [0.1, 0.15) is 11.6 Å². The number of aromatic hydroxyl groups is 1. The van der Waals surface area contributed by atoms with Crippen molar-refractivity contribution in [3.05, 3.63) is 59.9 Å². The Bertz CT molecular complexity index is 750. The molecule has 2 N–H and O–H groups in total. The second-order valence-corrected chi connectivity index (χ2v) is 8.51. The van der Waals surface area contributed by atoms with Crippen molar-refractivity contribution in [1.29, 1.82) is 0 Å². The SMILES string of the molecule is CC(C)OP(=O)(OC(C)C)C(Nc1cccc(F)c1)c1ccc(O)cc1. The number of nitrogens with one attached hydrogen (secondary N) is 1. The summed E-state index contributed by atoms with van der Waals surface area (Å²) < 4.78 is 38.7. The van der Waals surface area contributed by atoms with Crippen LogP contribution in [0.15, 0.2) is 48.5 Å². The molecule has 2 aromatic rings. The molecule has 2 rings (SSSR count). The molecule has 7 heteroatoms. The highest BCUT2D eigenvalue weighted by atomic mass is 31.2. The van der Waals surface area contributed by atoms with E-state index in [4.69, 9.17) is 9.05 Å². The highest BCUT2D eigenvalue weighted by Crippen LogP contribution is 2.62. The standard InChI is InChI=1S/C19H25FNO4P/c1-13(2)24-26(23,25-14(3)4)19(15-8-10-18(22)11-9-15)21-17-7-5-6-16(20)12-17/h5-14,19,21-22H,1-4H3. The van der Waals surface area contributed by atoms with Crippen LogP contribution in [0.3, 0.4) is 0 Å². The van der Waals surface area contributed by atoms with Gasteiger partial charge in [-0.25, -0.2) is 4.39 Å². The molecule has 0 aromatic heterocycles. The molecular weight excluding hydrogens is 356 g/mol. The van der Waals surface area contributed by atoms with Gasteiger partial charge in [-0.3, -0.25) is 4.57 Å². The largest absolute Gasteiger partial charge is 0.508 e. The van der Waals surface area contributed by atoms with E-state index in [2.05, 4.69) is 5.32 Å². The van der Waals surface area contributed by atoms with Gasteiger partial charge in [-0.15, -0.1) is 0 Å². The first-order chi connectivity index (χ1) is 12.2. The van der Waals surface area contributed by atoms with Crippen molar-refractivity contribution >= 4 is 13.3 Å². The van der Waals surface area contributed by atoms with Gasteiger partial charge in [0.05, 0.1) is 12.2 Å². The van der Waals surface area contributed by atoms with Crippen LogP contribution in [0.4, 0.5) is 10.1 Å². The summed E-state index contributed by atoms with van der Waals surface area (Å²) in [4.78, 5) is 0. The minimum Gasteiger partial charge on any atom is -0.508 e. The van der Waals surface area contributed by atoms with Crippen molar-refractivity contribution in [2.75, 3.05) is 5.32 Å². The lowest BCUT2D eigenvalue weighted by Gasteiger charge is -2.31. The van der Waals surface area contributed by atoms with Crippen LogP contribution in [-0.4, -0.2) is 17.3 Å². The Kier molecular flexibility index (Phi) is 6.81. The molecule has 142 valence electrons. The lowest BCUT2D eigenvalue weighted by Crippen LogP contribution is -2.19. The summed E-state index contributed by atoms with van der Waals surface area (Å²) in [5, 5.41) is 12.6. The van der Waals surface area contributed by atoms with Gasteiger partial charge in [-0.1, -0.05) is 18.2 Å². The molecule has 2 aromatic carbocycles. The quantitative estimate of drug-likeness (QED) is 0.576. The molecule has 0 fully saturated rings. The van der Waals surface area contributed by atoms with E-state index in [1.54, 1.807) is 52.0 Å². The van der Waals surface area contributed by atoms with E-state index in [0.717, 1.165) is 0 Å². The Hall–Kier alpha value is -1.88. The van der Waals surface area contributed by atoms with Crippen LogP contribution in [0.5, 0.6) is 5.75 Å². The Balaban J connectivity index is 2.49. The molecule has 0 bridgehead atoms. The minimum atomic E-state index is -3.67. The molecule has 5 nitrogen and oxygen atoms in total. The Morgan fingerprint density at radius 3 is 2.08 bits per heavy atom. The third-order valence-electron chi connectivity index (χ3n) is 3.37. The fourth-order valence-corrected chi connectivity index (χ4v) is 4.78. The molecule has 0 amide bonds. The molecular formula is C19H25FNO4P. The lowest BCUT2D eigenvalue weighted by atomic mass is 10.2. The summed E-state index contributed by atoms with van der Waals surface area (Å²) in [5.74, 6) is -1.19. The smallest absolute Gasteiger partial charge is 0.357 e. The van der Waals surface area contributed by atoms with Crippen molar-refractivity contribution in [2.24, 2.45) is 0 Å². The van der Waals surface area contributed by atoms with E-state index in [1.165, 1.54) is 24.3 Å². The van der Waals surface area contributed by atoms with Crippen LogP contribution < -0.4 is 5.32 Å². The first-order valence-corrected chi connectivity index (χ1v) is 10.1. The van der Waals surface area contributed by atoms with Crippen LogP contribution in [0.25, 0.3) is 0 Å². The molecule has 1 atom stereocenters. The first kappa shape index (κ1) is 20.4. The molecule has 0 aliphatic rings. The van der Waals surface area contributed by atoms with Crippen LogP contribution in [-0.2, 0) is 13.6 Å². The van der Waals surface area contributed by atoms with Gasteiger partial charge in [0.2, 0.25) is 0 Å². The molecule has 0 saturated carbocycles. The van der Waals surface area contributed by atoms with Crippen molar-refractivity contribution in [3.8, 4) is 5.75 Å². The maximum absolute atomic E-state index is 13.6. The van der Waals surface area contributed by atoms with Crippen LogP contribution in [0.2, 0.25) is 0 Å². The first-order valence-electron chi connectivity index (χ1n) is 8.47. The fourth-order valence-electron chi connectivity index (χ4n) is 2.47. The topological polar surface area (TPSA) is 67.8 Å². The van der Waals surface area contributed by atoms with Crippen LogP contribution in [0.1, 0.15) is 39.0 Å². The summed E-state index contributed by atoms with van der Waals surface area (Å²) in [6.07, 6.45) is -0.679. The van der Waals surface area contributed by atoms with Gasteiger partial charge in [0.25, 0.3) is 0 Å². The third kappa shape index (κ3) is 5.56. The molecule has 0 spiro atoms.